The number of rotatable bonds is 4. The molecule has 2 heteroatoms. The van der Waals surface area contributed by atoms with E-state index in [1.807, 2.05) is 0 Å². The zero-order chi connectivity index (χ0) is 15.5. The summed E-state index contributed by atoms with van der Waals surface area (Å²) in [5, 5.41) is 3.84. The normalized spacial score (nSPS) is 18.2. The van der Waals surface area contributed by atoms with E-state index >= 15 is 0 Å². The molecule has 1 aromatic carbocycles. The molecular formula is C19H32N2. The molecule has 2 nitrogen and oxygen atoms in total. The molecule has 118 valence electrons. The zero-order valence-electron chi connectivity index (χ0n) is 14.5. The van der Waals surface area contributed by atoms with Crippen LogP contribution in [0.5, 0.6) is 0 Å². The Bertz CT molecular complexity index is 455. The lowest BCUT2D eigenvalue weighted by atomic mass is 9.90. The maximum atomic E-state index is 3.84. The van der Waals surface area contributed by atoms with E-state index in [1.54, 1.807) is 0 Å². The molecule has 1 heterocycles. The Kier molecular flexibility index (Phi) is 4.98. The van der Waals surface area contributed by atoms with Crippen LogP contribution >= 0.6 is 0 Å². The first-order valence-corrected chi connectivity index (χ1v) is 8.47. The lowest BCUT2D eigenvalue weighted by molar-refractivity contribution is 0.300. The fraction of sp³-hybridized carbons (Fsp3) is 0.684. The van der Waals surface area contributed by atoms with Crippen LogP contribution in [0.15, 0.2) is 24.3 Å². The number of nitrogens with zero attached hydrogens (tertiary/aromatic N) is 1. The van der Waals surface area contributed by atoms with Crippen molar-refractivity contribution < 1.29 is 0 Å². The van der Waals surface area contributed by atoms with Gasteiger partial charge in [-0.05, 0) is 36.3 Å². The highest BCUT2D eigenvalue weighted by molar-refractivity contribution is 5.55. The van der Waals surface area contributed by atoms with Gasteiger partial charge in [-0.15, -0.1) is 0 Å². The minimum Gasteiger partial charge on any atom is -0.369 e. The Labute approximate surface area is 130 Å². The van der Waals surface area contributed by atoms with Gasteiger partial charge in [0.1, 0.15) is 0 Å². The van der Waals surface area contributed by atoms with Crippen molar-refractivity contribution in [3.05, 3.63) is 29.8 Å². The van der Waals surface area contributed by atoms with Crippen molar-refractivity contribution in [1.29, 1.82) is 0 Å². The summed E-state index contributed by atoms with van der Waals surface area (Å²) in [5.74, 6) is 0. The molecule has 1 aromatic rings. The largest absolute Gasteiger partial charge is 0.369 e. The summed E-state index contributed by atoms with van der Waals surface area (Å²) in [5.41, 5.74) is 3.50. The lowest BCUT2D eigenvalue weighted by Crippen LogP contribution is -2.51. The van der Waals surface area contributed by atoms with Crippen molar-refractivity contribution in [3.8, 4) is 0 Å². The van der Waals surface area contributed by atoms with Gasteiger partial charge in [0.05, 0.1) is 0 Å². The molecule has 0 radical (unpaired) electrons. The van der Waals surface area contributed by atoms with Gasteiger partial charge in [-0.2, -0.15) is 0 Å². The van der Waals surface area contributed by atoms with Crippen molar-refractivity contribution in [1.82, 2.24) is 5.32 Å². The minimum atomic E-state index is 0.247. The molecule has 2 rings (SSSR count). The molecule has 0 unspecified atom stereocenters. The molecule has 1 aliphatic rings. The van der Waals surface area contributed by atoms with Crippen molar-refractivity contribution in [3.63, 3.8) is 0 Å². The average Bonchev–Trinajstić information content (AvgIpc) is 2.62. The summed E-state index contributed by atoms with van der Waals surface area (Å²) < 4.78 is 0. The van der Waals surface area contributed by atoms with Crippen LogP contribution in [0.25, 0.3) is 0 Å². The van der Waals surface area contributed by atoms with Crippen LogP contribution in [0.2, 0.25) is 0 Å². The Morgan fingerprint density at radius 1 is 1.14 bits per heavy atom. The van der Waals surface area contributed by atoms with E-state index in [9.17, 15) is 0 Å². The third-order valence-electron chi connectivity index (χ3n) is 4.96. The van der Waals surface area contributed by atoms with Crippen molar-refractivity contribution in [2.75, 3.05) is 18.0 Å². The molecule has 0 aliphatic carbocycles. The maximum absolute atomic E-state index is 3.84. The molecule has 1 N–H and O–H groups in total. The summed E-state index contributed by atoms with van der Waals surface area (Å²) in [4.78, 5) is 2.62. The molecular weight excluding hydrogens is 256 g/mol. The number of anilines is 1. The quantitative estimate of drug-likeness (QED) is 0.871. The van der Waals surface area contributed by atoms with Crippen LogP contribution in [0, 0.1) is 5.41 Å². The van der Waals surface area contributed by atoms with E-state index in [4.69, 9.17) is 0 Å². The standard InChI is InChI=1S/C19H32N2/c1-6-19(7-2)15-21(13-12-18(3,4)5)17-11-9-8-10-16(17)14-20-19/h8-11,20H,6-7,12-15H2,1-5H3. The van der Waals surface area contributed by atoms with Crippen LogP contribution in [0.1, 0.15) is 59.4 Å². The Hall–Kier alpha value is -1.02. The molecule has 0 amide bonds. The molecule has 0 saturated carbocycles. The van der Waals surface area contributed by atoms with E-state index < -0.39 is 0 Å². The topological polar surface area (TPSA) is 15.3 Å². The Balaban J connectivity index is 2.27. The van der Waals surface area contributed by atoms with Crippen LogP contribution in [0.4, 0.5) is 5.69 Å². The van der Waals surface area contributed by atoms with Gasteiger partial charge in [0.15, 0.2) is 0 Å². The monoisotopic (exact) mass is 288 g/mol. The van der Waals surface area contributed by atoms with Crippen LogP contribution in [0.3, 0.4) is 0 Å². The Morgan fingerprint density at radius 3 is 2.43 bits per heavy atom. The molecule has 0 bridgehead atoms. The second kappa shape index (κ2) is 6.39. The van der Waals surface area contributed by atoms with Crippen molar-refractivity contribution in [2.45, 2.75) is 66.0 Å². The average molecular weight is 288 g/mol. The van der Waals surface area contributed by atoms with Gasteiger partial charge in [-0.25, -0.2) is 0 Å². The number of para-hydroxylation sites is 1. The SMILES string of the molecule is CCC1(CC)CN(CCC(C)(C)C)c2ccccc2CN1. The van der Waals surface area contributed by atoms with Crippen LogP contribution in [-0.2, 0) is 6.54 Å². The number of hydrogen-bond donors (Lipinski definition) is 1. The van der Waals surface area contributed by atoms with Gasteiger partial charge in [0.25, 0.3) is 0 Å². The smallest absolute Gasteiger partial charge is 0.0412 e. The summed E-state index contributed by atoms with van der Waals surface area (Å²) in [6, 6.07) is 8.90. The lowest BCUT2D eigenvalue weighted by Gasteiger charge is -2.37. The van der Waals surface area contributed by atoms with Crippen LogP contribution in [-0.4, -0.2) is 18.6 Å². The van der Waals surface area contributed by atoms with E-state index in [2.05, 4.69) is 69.1 Å². The molecule has 0 saturated heterocycles. The van der Waals surface area contributed by atoms with Gasteiger partial charge in [0, 0.05) is 30.9 Å². The Morgan fingerprint density at radius 2 is 1.81 bits per heavy atom. The number of fused-ring (bicyclic) bond motifs is 1. The first kappa shape index (κ1) is 16.4. The second-order valence-electron chi connectivity index (χ2n) is 7.70. The van der Waals surface area contributed by atoms with Crippen LogP contribution < -0.4 is 10.2 Å². The first-order valence-electron chi connectivity index (χ1n) is 8.47. The minimum absolute atomic E-state index is 0.247. The fourth-order valence-corrected chi connectivity index (χ4v) is 3.15. The number of hydrogen-bond acceptors (Lipinski definition) is 2. The van der Waals surface area contributed by atoms with Crippen molar-refractivity contribution in [2.24, 2.45) is 5.41 Å². The third kappa shape index (κ3) is 4.00. The number of nitrogens with one attached hydrogen (secondary N) is 1. The summed E-state index contributed by atoms with van der Waals surface area (Å²) in [6.07, 6.45) is 3.60. The van der Waals surface area contributed by atoms with E-state index in [1.165, 1.54) is 30.5 Å². The number of benzene rings is 1. The summed E-state index contributed by atoms with van der Waals surface area (Å²) >= 11 is 0. The summed E-state index contributed by atoms with van der Waals surface area (Å²) in [7, 11) is 0. The highest BCUT2D eigenvalue weighted by atomic mass is 15.2. The highest BCUT2D eigenvalue weighted by Crippen LogP contribution is 2.31. The van der Waals surface area contributed by atoms with Gasteiger partial charge in [-0.3, -0.25) is 0 Å². The van der Waals surface area contributed by atoms with E-state index in [-0.39, 0.29) is 5.54 Å². The zero-order valence-corrected chi connectivity index (χ0v) is 14.5. The van der Waals surface area contributed by atoms with Gasteiger partial charge in [-0.1, -0.05) is 52.8 Å². The van der Waals surface area contributed by atoms with Gasteiger partial charge >= 0.3 is 0 Å². The van der Waals surface area contributed by atoms with Gasteiger partial charge in [0.2, 0.25) is 0 Å². The molecule has 0 aromatic heterocycles. The molecule has 21 heavy (non-hydrogen) atoms. The van der Waals surface area contributed by atoms with E-state index in [0.717, 1.165) is 19.6 Å². The predicted molar refractivity (Wildman–Crippen MR) is 92.9 cm³/mol. The summed E-state index contributed by atoms with van der Waals surface area (Å²) in [6.45, 7) is 14.9. The van der Waals surface area contributed by atoms with Gasteiger partial charge < -0.3 is 10.2 Å². The molecule has 0 fully saturated rings. The maximum Gasteiger partial charge on any atom is 0.0412 e. The molecule has 0 spiro atoms. The predicted octanol–water partition coefficient (Wildman–Crippen LogP) is 4.59. The third-order valence-corrected chi connectivity index (χ3v) is 4.96. The molecule has 0 atom stereocenters. The molecule has 1 aliphatic heterocycles. The second-order valence-corrected chi connectivity index (χ2v) is 7.70. The highest BCUT2D eigenvalue weighted by Gasteiger charge is 2.32. The van der Waals surface area contributed by atoms with Crippen molar-refractivity contribution >= 4 is 5.69 Å². The fourth-order valence-electron chi connectivity index (χ4n) is 3.15. The first-order chi connectivity index (χ1) is 9.89. The van der Waals surface area contributed by atoms with E-state index in [0.29, 0.717) is 5.41 Å².